The van der Waals surface area contributed by atoms with E-state index in [0.29, 0.717) is 12.1 Å². The van der Waals surface area contributed by atoms with Crippen molar-refractivity contribution in [2.45, 2.75) is 45.3 Å². The lowest BCUT2D eigenvalue weighted by Crippen LogP contribution is -2.55. The summed E-state index contributed by atoms with van der Waals surface area (Å²) in [6.45, 7) is 7.63. The zero-order valence-corrected chi connectivity index (χ0v) is 12.2. The van der Waals surface area contributed by atoms with E-state index in [-0.39, 0.29) is 0 Å². The molecule has 2 heterocycles. The quantitative estimate of drug-likeness (QED) is 0.926. The molecule has 2 rings (SSSR count). The van der Waals surface area contributed by atoms with Crippen molar-refractivity contribution in [3.63, 3.8) is 0 Å². The predicted molar refractivity (Wildman–Crippen MR) is 73.0 cm³/mol. The fourth-order valence-electron chi connectivity index (χ4n) is 2.44. The molecule has 0 aliphatic carbocycles. The number of hydrogen-bond acceptors (Lipinski definition) is 3. The van der Waals surface area contributed by atoms with E-state index in [4.69, 9.17) is 4.42 Å². The molecule has 2 unspecified atom stereocenters. The molecule has 0 radical (unpaired) electrons. The molecule has 1 saturated heterocycles. The molecule has 17 heavy (non-hydrogen) atoms. The average molecular weight is 301 g/mol. The number of furan rings is 1. The fraction of sp³-hybridized carbons (Fsp3) is 0.692. The molecular formula is C13H21BrN2O. The fourth-order valence-corrected chi connectivity index (χ4v) is 2.78. The van der Waals surface area contributed by atoms with E-state index >= 15 is 0 Å². The summed E-state index contributed by atoms with van der Waals surface area (Å²) in [6, 6.07) is 5.27. The van der Waals surface area contributed by atoms with Crippen molar-refractivity contribution in [1.29, 1.82) is 0 Å². The van der Waals surface area contributed by atoms with E-state index in [2.05, 4.69) is 46.1 Å². The maximum absolute atomic E-state index is 5.60. The molecule has 1 aromatic heterocycles. The van der Waals surface area contributed by atoms with Crippen molar-refractivity contribution >= 4 is 15.9 Å². The summed E-state index contributed by atoms with van der Waals surface area (Å²) in [4.78, 5) is 2.54. The molecule has 1 N–H and O–H groups in total. The van der Waals surface area contributed by atoms with Crippen molar-refractivity contribution in [3.05, 3.63) is 22.6 Å². The van der Waals surface area contributed by atoms with Gasteiger partial charge in [-0.15, -0.1) is 0 Å². The minimum Gasteiger partial charge on any atom is -0.453 e. The van der Waals surface area contributed by atoms with Gasteiger partial charge in [-0.25, -0.2) is 0 Å². The summed E-state index contributed by atoms with van der Waals surface area (Å²) in [6.07, 6.45) is 2.38. The van der Waals surface area contributed by atoms with Crippen LogP contribution in [0, 0.1) is 0 Å². The van der Waals surface area contributed by atoms with Gasteiger partial charge >= 0.3 is 0 Å². The maximum atomic E-state index is 5.60. The molecule has 1 aliphatic heterocycles. The highest BCUT2D eigenvalue weighted by Gasteiger charge is 2.26. The molecule has 0 spiro atoms. The van der Waals surface area contributed by atoms with E-state index in [1.54, 1.807) is 0 Å². The summed E-state index contributed by atoms with van der Waals surface area (Å²) in [5, 5.41) is 3.61. The van der Waals surface area contributed by atoms with Crippen LogP contribution in [0.15, 0.2) is 21.2 Å². The molecular weight excluding hydrogens is 280 g/mol. The van der Waals surface area contributed by atoms with E-state index in [1.165, 1.54) is 12.8 Å². The van der Waals surface area contributed by atoms with Gasteiger partial charge in [0.2, 0.25) is 0 Å². The Hall–Kier alpha value is -0.320. The summed E-state index contributed by atoms with van der Waals surface area (Å²) < 4.78 is 6.42. The molecule has 0 saturated carbocycles. The van der Waals surface area contributed by atoms with Crippen LogP contribution in [0.5, 0.6) is 0 Å². The van der Waals surface area contributed by atoms with Crippen LogP contribution in [0.2, 0.25) is 0 Å². The van der Waals surface area contributed by atoms with Crippen LogP contribution in [0.25, 0.3) is 0 Å². The first-order valence-corrected chi connectivity index (χ1v) is 7.23. The molecule has 4 heteroatoms. The minimum atomic E-state index is 0.621. The van der Waals surface area contributed by atoms with Crippen LogP contribution in [0.1, 0.15) is 32.4 Å². The third-order valence-corrected chi connectivity index (χ3v) is 3.99. The highest BCUT2D eigenvalue weighted by Crippen LogP contribution is 2.19. The second-order valence-corrected chi connectivity index (χ2v) is 5.49. The van der Waals surface area contributed by atoms with Gasteiger partial charge in [-0.2, -0.15) is 0 Å². The van der Waals surface area contributed by atoms with Crippen LogP contribution in [0.3, 0.4) is 0 Å². The smallest absolute Gasteiger partial charge is 0.169 e. The lowest BCUT2D eigenvalue weighted by Gasteiger charge is -2.39. The standard InChI is InChI=1S/C13H21BrN2O/c1-3-10-8-16(11(4-2)7-15-10)9-12-5-6-13(14)17-12/h5-6,10-11,15H,3-4,7-9H2,1-2H3. The summed E-state index contributed by atoms with van der Waals surface area (Å²) >= 11 is 3.36. The molecule has 1 aromatic rings. The average Bonchev–Trinajstić information content (AvgIpc) is 2.74. The number of hydrogen-bond donors (Lipinski definition) is 1. The van der Waals surface area contributed by atoms with Gasteiger partial charge < -0.3 is 9.73 Å². The Morgan fingerprint density at radius 2 is 2.24 bits per heavy atom. The highest BCUT2D eigenvalue weighted by molar-refractivity contribution is 9.10. The van der Waals surface area contributed by atoms with E-state index in [1.807, 2.05) is 6.07 Å². The maximum Gasteiger partial charge on any atom is 0.169 e. The van der Waals surface area contributed by atoms with E-state index in [9.17, 15) is 0 Å². The van der Waals surface area contributed by atoms with Gasteiger partial charge in [-0.3, -0.25) is 4.90 Å². The SMILES string of the molecule is CCC1CN(Cc2ccc(Br)o2)C(CC)CN1. The van der Waals surface area contributed by atoms with Crippen LogP contribution in [-0.2, 0) is 6.54 Å². The Labute approximate surface area is 112 Å². The Bertz CT molecular complexity index is 353. The summed E-state index contributed by atoms with van der Waals surface area (Å²) in [5.41, 5.74) is 0. The van der Waals surface area contributed by atoms with Crippen molar-refractivity contribution in [1.82, 2.24) is 10.2 Å². The molecule has 0 bridgehead atoms. The zero-order chi connectivity index (χ0) is 12.3. The normalized spacial score (nSPS) is 26.3. The van der Waals surface area contributed by atoms with E-state index < -0.39 is 0 Å². The second-order valence-electron chi connectivity index (χ2n) is 4.71. The molecule has 96 valence electrons. The highest BCUT2D eigenvalue weighted by atomic mass is 79.9. The first-order valence-electron chi connectivity index (χ1n) is 6.44. The summed E-state index contributed by atoms with van der Waals surface area (Å²) in [5.74, 6) is 1.05. The summed E-state index contributed by atoms with van der Waals surface area (Å²) in [7, 11) is 0. The Morgan fingerprint density at radius 1 is 1.41 bits per heavy atom. The van der Waals surface area contributed by atoms with Gasteiger partial charge in [-0.05, 0) is 40.9 Å². The second kappa shape index (κ2) is 6.03. The van der Waals surface area contributed by atoms with Gasteiger partial charge in [0.25, 0.3) is 0 Å². The minimum absolute atomic E-state index is 0.621. The number of nitrogens with one attached hydrogen (secondary N) is 1. The lowest BCUT2D eigenvalue weighted by atomic mass is 10.1. The van der Waals surface area contributed by atoms with Gasteiger partial charge in [0.15, 0.2) is 4.67 Å². The number of nitrogens with zero attached hydrogens (tertiary/aromatic N) is 1. The van der Waals surface area contributed by atoms with Crippen LogP contribution in [-0.4, -0.2) is 30.1 Å². The van der Waals surface area contributed by atoms with Gasteiger partial charge in [0.1, 0.15) is 5.76 Å². The van der Waals surface area contributed by atoms with Crippen molar-refractivity contribution in [3.8, 4) is 0 Å². The van der Waals surface area contributed by atoms with Crippen LogP contribution >= 0.6 is 15.9 Å². The van der Waals surface area contributed by atoms with Crippen molar-refractivity contribution in [2.75, 3.05) is 13.1 Å². The Morgan fingerprint density at radius 3 is 2.82 bits per heavy atom. The van der Waals surface area contributed by atoms with E-state index in [0.717, 1.165) is 30.1 Å². The first-order chi connectivity index (χ1) is 8.22. The van der Waals surface area contributed by atoms with Gasteiger partial charge in [0.05, 0.1) is 6.54 Å². The van der Waals surface area contributed by atoms with Crippen molar-refractivity contribution < 1.29 is 4.42 Å². The molecule has 1 aliphatic rings. The number of halogens is 1. The monoisotopic (exact) mass is 300 g/mol. The van der Waals surface area contributed by atoms with Crippen LogP contribution < -0.4 is 5.32 Å². The zero-order valence-electron chi connectivity index (χ0n) is 10.6. The number of rotatable bonds is 4. The third-order valence-electron chi connectivity index (χ3n) is 3.57. The largest absolute Gasteiger partial charge is 0.453 e. The molecule has 3 nitrogen and oxygen atoms in total. The Balaban J connectivity index is 2.00. The van der Waals surface area contributed by atoms with Crippen LogP contribution in [0.4, 0.5) is 0 Å². The van der Waals surface area contributed by atoms with Gasteiger partial charge in [0, 0.05) is 25.2 Å². The molecule has 1 fully saturated rings. The molecule has 0 amide bonds. The Kier molecular flexibility index (Phi) is 4.65. The number of piperazine rings is 1. The third kappa shape index (κ3) is 3.33. The topological polar surface area (TPSA) is 28.4 Å². The van der Waals surface area contributed by atoms with Gasteiger partial charge in [-0.1, -0.05) is 13.8 Å². The molecule has 0 aromatic carbocycles. The lowest BCUT2D eigenvalue weighted by molar-refractivity contribution is 0.109. The predicted octanol–water partition coefficient (Wildman–Crippen LogP) is 3.00. The molecule has 2 atom stereocenters. The van der Waals surface area contributed by atoms with Crippen molar-refractivity contribution in [2.24, 2.45) is 0 Å². The first kappa shape index (κ1) is 13.1.